The normalized spacial score (nSPS) is 15.8. The van der Waals surface area contributed by atoms with E-state index >= 15 is 0 Å². The zero-order valence-corrected chi connectivity index (χ0v) is 12.1. The van der Waals surface area contributed by atoms with E-state index in [-0.39, 0.29) is 0 Å². The average molecular weight is 229 g/mol. The first kappa shape index (κ1) is 15.9. The number of ether oxygens (including phenoxy) is 1. The predicted molar refractivity (Wildman–Crippen MR) is 71.8 cm³/mol. The van der Waals surface area contributed by atoms with E-state index in [2.05, 4.69) is 46.9 Å². The molecule has 1 unspecified atom stereocenters. The molecule has 0 heterocycles. The topological polar surface area (TPSA) is 21.3 Å². The second kappa shape index (κ2) is 8.08. The molecule has 98 valence electrons. The van der Waals surface area contributed by atoms with Gasteiger partial charge in [-0.05, 0) is 44.6 Å². The van der Waals surface area contributed by atoms with Gasteiger partial charge in [0.15, 0.2) is 0 Å². The molecule has 0 fully saturated rings. The summed E-state index contributed by atoms with van der Waals surface area (Å²) in [5.74, 6) is 0.730. The van der Waals surface area contributed by atoms with Crippen molar-refractivity contribution >= 4 is 0 Å². The average Bonchev–Trinajstić information content (AvgIpc) is 2.16. The first-order valence-corrected chi connectivity index (χ1v) is 6.72. The van der Waals surface area contributed by atoms with Crippen LogP contribution in [0.1, 0.15) is 54.4 Å². The summed E-state index contributed by atoms with van der Waals surface area (Å²) in [5, 5.41) is 3.56. The first-order chi connectivity index (χ1) is 7.39. The van der Waals surface area contributed by atoms with Gasteiger partial charge in [-0.3, -0.25) is 0 Å². The standard InChI is InChI=1S/C14H31NO/c1-7-14(6,8-9-16-13(4)5)11-15-10-12(2)3/h12-13,15H,7-11H2,1-6H3. The fourth-order valence-corrected chi connectivity index (χ4v) is 1.59. The van der Waals surface area contributed by atoms with E-state index < -0.39 is 0 Å². The third-order valence-corrected chi connectivity index (χ3v) is 3.11. The zero-order valence-electron chi connectivity index (χ0n) is 12.1. The van der Waals surface area contributed by atoms with Crippen molar-refractivity contribution in [2.45, 2.75) is 60.5 Å². The molecule has 0 aromatic carbocycles. The number of hydrogen-bond donors (Lipinski definition) is 1. The Labute approximate surface area is 102 Å². The SMILES string of the molecule is CCC(C)(CCOC(C)C)CNCC(C)C. The van der Waals surface area contributed by atoms with Gasteiger partial charge < -0.3 is 10.1 Å². The van der Waals surface area contributed by atoms with Crippen LogP contribution >= 0.6 is 0 Å². The Morgan fingerprint density at radius 1 is 1.19 bits per heavy atom. The lowest BCUT2D eigenvalue weighted by Crippen LogP contribution is -2.34. The van der Waals surface area contributed by atoms with E-state index in [1.54, 1.807) is 0 Å². The van der Waals surface area contributed by atoms with Crippen LogP contribution in [0.2, 0.25) is 0 Å². The minimum atomic E-state index is 0.352. The van der Waals surface area contributed by atoms with Crippen LogP contribution < -0.4 is 5.32 Å². The molecule has 0 aromatic heterocycles. The van der Waals surface area contributed by atoms with Crippen LogP contribution in [-0.2, 0) is 4.74 Å². The van der Waals surface area contributed by atoms with Gasteiger partial charge in [0.05, 0.1) is 6.10 Å². The third kappa shape index (κ3) is 8.12. The van der Waals surface area contributed by atoms with Crippen molar-refractivity contribution in [1.29, 1.82) is 0 Å². The van der Waals surface area contributed by atoms with Crippen molar-refractivity contribution in [3.63, 3.8) is 0 Å². The lowest BCUT2D eigenvalue weighted by molar-refractivity contribution is 0.0529. The van der Waals surface area contributed by atoms with Crippen LogP contribution in [0.25, 0.3) is 0 Å². The Balaban J connectivity index is 3.81. The smallest absolute Gasteiger partial charge is 0.0518 e. The molecule has 0 aliphatic rings. The third-order valence-electron chi connectivity index (χ3n) is 3.11. The van der Waals surface area contributed by atoms with Gasteiger partial charge in [0, 0.05) is 13.2 Å². The summed E-state index contributed by atoms with van der Waals surface area (Å²) in [7, 11) is 0. The van der Waals surface area contributed by atoms with Crippen LogP contribution in [0.4, 0.5) is 0 Å². The van der Waals surface area contributed by atoms with Crippen molar-refractivity contribution in [1.82, 2.24) is 5.32 Å². The van der Waals surface area contributed by atoms with E-state index in [9.17, 15) is 0 Å². The summed E-state index contributed by atoms with van der Waals surface area (Å²) in [6.07, 6.45) is 2.71. The van der Waals surface area contributed by atoms with Gasteiger partial charge in [-0.25, -0.2) is 0 Å². The second-order valence-electron chi connectivity index (χ2n) is 5.86. The van der Waals surface area contributed by atoms with Gasteiger partial charge in [-0.2, -0.15) is 0 Å². The van der Waals surface area contributed by atoms with E-state index in [1.807, 2.05) is 0 Å². The van der Waals surface area contributed by atoms with Crippen LogP contribution in [-0.4, -0.2) is 25.8 Å². The summed E-state index contributed by atoms with van der Waals surface area (Å²) in [6.45, 7) is 16.4. The highest BCUT2D eigenvalue weighted by Crippen LogP contribution is 2.24. The summed E-state index contributed by atoms with van der Waals surface area (Å²) < 4.78 is 5.64. The summed E-state index contributed by atoms with van der Waals surface area (Å²) in [6, 6.07) is 0. The molecule has 0 spiro atoms. The molecule has 2 heteroatoms. The highest BCUT2D eigenvalue weighted by Gasteiger charge is 2.21. The molecule has 0 bridgehead atoms. The molecule has 0 saturated carbocycles. The van der Waals surface area contributed by atoms with E-state index in [0.29, 0.717) is 11.5 Å². The Bertz CT molecular complexity index is 152. The van der Waals surface area contributed by atoms with Gasteiger partial charge in [0.2, 0.25) is 0 Å². The van der Waals surface area contributed by atoms with Gasteiger partial charge >= 0.3 is 0 Å². The van der Waals surface area contributed by atoms with Crippen LogP contribution in [0, 0.1) is 11.3 Å². The van der Waals surface area contributed by atoms with E-state index in [0.717, 1.165) is 32.0 Å². The lowest BCUT2D eigenvalue weighted by atomic mass is 9.84. The summed E-state index contributed by atoms with van der Waals surface area (Å²) in [5.41, 5.74) is 0.379. The molecule has 0 aliphatic heterocycles. The molecule has 16 heavy (non-hydrogen) atoms. The maximum atomic E-state index is 5.64. The maximum absolute atomic E-state index is 5.64. The lowest BCUT2D eigenvalue weighted by Gasteiger charge is -2.29. The van der Waals surface area contributed by atoms with Crippen LogP contribution in [0.5, 0.6) is 0 Å². The van der Waals surface area contributed by atoms with Gasteiger partial charge in [-0.1, -0.05) is 27.7 Å². The molecule has 0 aliphatic carbocycles. The Hall–Kier alpha value is -0.0800. The summed E-state index contributed by atoms with van der Waals surface area (Å²) >= 11 is 0. The Morgan fingerprint density at radius 2 is 1.81 bits per heavy atom. The zero-order chi connectivity index (χ0) is 12.6. The van der Waals surface area contributed by atoms with Crippen molar-refractivity contribution in [3.8, 4) is 0 Å². The fourth-order valence-electron chi connectivity index (χ4n) is 1.59. The number of hydrogen-bond acceptors (Lipinski definition) is 2. The minimum absolute atomic E-state index is 0.352. The van der Waals surface area contributed by atoms with Gasteiger partial charge in [0.25, 0.3) is 0 Å². The summed E-state index contributed by atoms with van der Waals surface area (Å²) in [4.78, 5) is 0. The molecular weight excluding hydrogens is 198 g/mol. The highest BCUT2D eigenvalue weighted by atomic mass is 16.5. The van der Waals surface area contributed by atoms with Crippen LogP contribution in [0.3, 0.4) is 0 Å². The fraction of sp³-hybridized carbons (Fsp3) is 1.00. The van der Waals surface area contributed by atoms with Crippen LogP contribution in [0.15, 0.2) is 0 Å². The molecular formula is C14H31NO. The molecule has 1 atom stereocenters. The molecule has 0 amide bonds. The second-order valence-corrected chi connectivity index (χ2v) is 5.86. The first-order valence-electron chi connectivity index (χ1n) is 6.72. The van der Waals surface area contributed by atoms with Crippen molar-refractivity contribution in [3.05, 3.63) is 0 Å². The van der Waals surface area contributed by atoms with Crippen molar-refractivity contribution < 1.29 is 4.74 Å². The molecule has 0 radical (unpaired) electrons. The predicted octanol–water partition coefficient (Wildman–Crippen LogP) is 3.46. The quantitative estimate of drug-likeness (QED) is 0.654. The van der Waals surface area contributed by atoms with Crippen molar-refractivity contribution in [2.24, 2.45) is 11.3 Å². The molecule has 1 N–H and O–H groups in total. The highest BCUT2D eigenvalue weighted by molar-refractivity contribution is 4.75. The molecule has 0 rings (SSSR count). The molecule has 2 nitrogen and oxygen atoms in total. The van der Waals surface area contributed by atoms with Gasteiger partial charge in [0.1, 0.15) is 0 Å². The van der Waals surface area contributed by atoms with E-state index in [4.69, 9.17) is 4.74 Å². The Kier molecular flexibility index (Phi) is 8.04. The molecule has 0 aromatic rings. The Morgan fingerprint density at radius 3 is 2.25 bits per heavy atom. The largest absolute Gasteiger partial charge is 0.379 e. The monoisotopic (exact) mass is 229 g/mol. The molecule has 0 saturated heterocycles. The minimum Gasteiger partial charge on any atom is -0.379 e. The van der Waals surface area contributed by atoms with Gasteiger partial charge in [-0.15, -0.1) is 0 Å². The van der Waals surface area contributed by atoms with Crippen molar-refractivity contribution in [2.75, 3.05) is 19.7 Å². The van der Waals surface area contributed by atoms with E-state index in [1.165, 1.54) is 6.42 Å². The maximum Gasteiger partial charge on any atom is 0.0518 e. The number of rotatable bonds is 9. The number of nitrogens with one attached hydrogen (secondary N) is 1.